The molecule has 0 radical (unpaired) electrons. The summed E-state index contributed by atoms with van der Waals surface area (Å²) in [5.41, 5.74) is 1.60. The van der Waals surface area contributed by atoms with Crippen LogP contribution in [0.1, 0.15) is 22.1 Å². The van der Waals surface area contributed by atoms with Gasteiger partial charge in [0, 0.05) is 49.6 Å². The number of rotatable bonds is 5. The van der Waals surface area contributed by atoms with Crippen molar-refractivity contribution in [3.05, 3.63) is 97.8 Å². The number of aromatic amines is 2. The van der Waals surface area contributed by atoms with Crippen LogP contribution in [-0.2, 0) is 0 Å². The number of carbonyl (C=O) groups excluding carboxylic acids is 2. The first-order valence-corrected chi connectivity index (χ1v) is 11.7. The lowest BCUT2D eigenvalue weighted by Gasteiger charge is -2.03. The summed E-state index contributed by atoms with van der Waals surface area (Å²) < 4.78 is 3.19. The maximum absolute atomic E-state index is 12.1. The van der Waals surface area contributed by atoms with Gasteiger partial charge >= 0.3 is 6.03 Å². The van der Waals surface area contributed by atoms with Gasteiger partial charge in [-0.1, -0.05) is 17.4 Å². The Morgan fingerprint density at radius 2 is 1.65 bits per heavy atom. The lowest BCUT2D eigenvalue weighted by molar-refractivity contribution is 0.102. The number of imidazole rings is 4. The Kier molecular flexibility index (Phi) is 6.72. The predicted octanol–water partition coefficient (Wildman–Crippen LogP) is 3.34. The molecule has 0 spiro atoms. The van der Waals surface area contributed by atoms with Crippen molar-refractivity contribution in [2.45, 2.75) is 6.92 Å². The summed E-state index contributed by atoms with van der Waals surface area (Å²) in [6, 6.07) is 5.45. The van der Waals surface area contributed by atoms with Crippen molar-refractivity contribution in [1.82, 2.24) is 49.0 Å². The molecule has 0 aliphatic heterocycles. The van der Waals surface area contributed by atoms with Gasteiger partial charge < -0.3 is 9.97 Å². The molecule has 0 aromatic carbocycles. The number of thiazole rings is 1. The van der Waals surface area contributed by atoms with E-state index < -0.39 is 0 Å². The number of aryl methyl sites for hydroxylation is 1. The smallest absolute Gasteiger partial charge is 0.333 e. The van der Waals surface area contributed by atoms with Crippen molar-refractivity contribution in [3.8, 4) is 16.4 Å². The van der Waals surface area contributed by atoms with Crippen LogP contribution in [0.4, 0.5) is 9.93 Å². The number of H-pyrrole nitrogens is 2. The minimum Gasteiger partial charge on any atom is -0.342 e. The van der Waals surface area contributed by atoms with E-state index in [1.165, 1.54) is 34.6 Å². The Bertz CT molecular complexity index is 1550. The highest BCUT2D eigenvalue weighted by atomic mass is 32.1. The molecule has 3 N–H and O–H groups in total. The molecule has 184 valence electrons. The van der Waals surface area contributed by atoms with Gasteiger partial charge in [-0.25, -0.2) is 34.7 Å². The Balaban J connectivity index is 0.000000195. The normalized spacial score (nSPS) is 10.5. The third-order valence-electron chi connectivity index (χ3n) is 4.91. The summed E-state index contributed by atoms with van der Waals surface area (Å²) in [6.45, 7) is 1.89. The third-order valence-corrected chi connectivity index (χ3v) is 6.01. The van der Waals surface area contributed by atoms with Crippen LogP contribution in [0.2, 0.25) is 0 Å². The van der Waals surface area contributed by atoms with E-state index in [0.717, 1.165) is 22.1 Å². The number of nitrogens with one attached hydrogen (secondary N) is 3. The molecule has 0 saturated heterocycles. The molecule has 0 aliphatic rings. The van der Waals surface area contributed by atoms with Crippen molar-refractivity contribution < 1.29 is 9.59 Å². The van der Waals surface area contributed by atoms with Gasteiger partial charge in [0.05, 0.1) is 16.3 Å². The molecule has 6 aromatic heterocycles. The molecule has 13 nitrogen and oxygen atoms in total. The lowest BCUT2D eigenvalue weighted by atomic mass is 10.2. The molecular formula is C23H19N11O2S. The monoisotopic (exact) mass is 513 g/mol. The number of anilines is 1. The molecule has 0 fully saturated rings. The van der Waals surface area contributed by atoms with E-state index in [0.29, 0.717) is 16.8 Å². The van der Waals surface area contributed by atoms with Crippen LogP contribution in [0.3, 0.4) is 0 Å². The van der Waals surface area contributed by atoms with Gasteiger partial charge in [0.25, 0.3) is 5.78 Å². The number of hydrogen-bond donors (Lipinski definition) is 3. The zero-order chi connectivity index (χ0) is 25.6. The topological polar surface area (TPSA) is 165 Å². The largest absolute Gasteiger partial charge is 0.342 e. The highest BCUT2D eigenvalue weighted by Gasteiger charge is 2.15. The standard InChI is InChI=1S/C16H13N7OS.C7H6N4O/c1-11-14(12-3-2-4-13(20-12)22-7-5-17-9-22)25-15(19-11)21-16(24)23-8-6-18-10-23;12-5(6-8-1-2-9-6)7-10-3-4-11-7/h2-10H,1H3,(H,19,21,24);1-4H,(H,8,9)(H,10,11). The van der Waals surface area contributed by atoms with E-state index in [-0.39, 0.29) is 11.8 Å². The fraction of sp³-hybridized carbons (Fsp3) is 0.0435. The second kappa shape index (κ2) is 10.6. The average molecular weight is 514 g/mol. The highest BCUT2D eigenvalue weighted by Crippen LogP contribution is 2.32. The van der Waals surface area contributed by atoms with Gasteiger partial charge in [-0.2, -0.15) is 0 Å². The second-order valence-electron chi connectivity index (χ2n) is 7.39. The summed E-state index contributed by atoms with van der Waals surface area (Å²) in [5.74, 6) is 1.13. The van der Waals surface area contributed by atoms with E-state index in [2.05, 4.69) is 45.2 Å². The van der Waals surface area contributed by atoms with Crippen molar-refractivity contribution in [2.75, 3.05) is 5.32 Å². The Hall–Kier alpha value is -5.24. The molecular weight excluding hydrogens is 494 g/mol. The van der Waals surface area contributed by atoms with Crippen LogP contribution in [0.5, 0.6) is 0 Å². The van der Waals surface area contributed by atoms with Crippen LogP contribution in [0.15, 0.2) is 80.4 Å². The summed E-state index contributed by atoms with van der Waals surface area (Å²) in [6.07, 6.45) is 16.0. The molecule has 37 heavy (non-hydrogen) atoms. The fourth-order valence-electron chi connectivity index (χ4n) is 3.20. The maximum Gasteiger partial charge on any atom is 0.333 e. The average Bonchev–Trinajstić information content (AvgIpc) is 3.76. The first-order valence-electron chi connectivity index (χ1n) is 10.8. The first-order chi connectivity index (χ1) is 18.1. The van der Waals surface area contributed by atoms with Crippen LogP contribution in [-0.4, -0.2) is 60.8 Å². The first kappa shape index (κ1) is 23.5. The summed E-state index contributed by atoms with van der Waals surface area (Å²) in [5, 5.41) is 3.28. The van der Waals surface area contributed by atoms with E-state index in [9.17, 15) is 9.59 Å². The molecule has 0 saturated carbocycles. The Morgan fingerprint density at radius 3 is 2.27 bits per heavy atom. The van der Waals surface area contributed by atoms with Crippen molar-refractivity contribution in [2.24, 2.45) is 0 Å². The maximum atomic E-state index is 12.1. The van der Waals surface area contributed by atoms with Gasteiger partial charge in [-0.15, -0.1) is 0 Å². The number of ketones is 1. The Labute approximate surface area is 213 Å². The van der Waals surface area contributed by atoms with Gasteiger partial charge in [0.15, 0.2) is 16.8 Å². The fourth-order valence-corrected chi connectivity index (χ4v) is 4.13. The quantitative estimate of drug-likeness (QED) is 0.295. The number of aromatic nitrogens is 10. The number of nitrogens with zero attached hydrogens (tertiary/aromatic N) is 8. The molecule has 14 heteroatoms. The molecule has 6 aromatic rings. The summed E-state index contributed by atoms with van der Waals surface area (Å²) >= 11 is 1.38. The van der Waals surface area contributed by atoms with Gasteiger partial charge in [-0.05, 0) is 19.1 Å². The Morgan fingerprint density at radius 1 is 0.919 bits per heavy atom. The molecule has 6 rings (SSSR count). The van der Waals surface area contributed by atoms with E-state index in [4.69, 9.17) is 0 Å². The highest BCUT2D eigenvalue weighted by molar-refractivity contribution is 7.19. The van der Waals surface area contributed by atoms with Crippen molar-refractivity contribution >= 4 is 28.3 Å². The minimum absolute atomic E-state index is 0.231. The third kappa shape index (κ3) is 5.38. The number of pyridine rings is 1. The number of amides is 1. The SMILES string of the molecule is Cc1nc(NC(=O)n2ccnc2)sc1-c1cccc(-n2ccnc2)n1.O=C(c1ncc[nH]1)c1ncc[nH]1. The van der Waals surface area contributed by atoms with Gasteiger partial charge in [-0.3, -0.25) is 19.2 Å². The summed E-state index contributed by atoms with van der Waals surface area (Å²) in [4.78, 5) is 54.4. The van der Waals surface area contributed by atoms with Gasteiger partial charge in [0.1, 0.15) is 18.5 Å². The zero-order valence-electron chi connectivity index (χ0n) is 19.3. The predicted molar refractivity (Wildman–Crippen MR) is 134 cm³/mol. The van der Waals surface area contributed by atoms with Crippen molar-refractivity contribution in [1.29, 1.82) is 0 Å². The zero-order valence-corrected chi connectivity index (χ0v) is 20.1. The number of carbonyl (C=O) groups is 2. The van der Waals surface area contributed by atoms with E-state index >= 15 is 0 Å². The van der Waals surface area contributed by atoms with Crippen LogP contribution in [0, 0.1) is 6.92 Å². The minimum atomic E-state index is -0.307. The second-order valence-corrected chi connectivity index (χ2v) is 8.39. The summed E-state index contributed by atoms with van der Waals surface area (Å²) in [7, 11) is 0. The van der Waals surface area contributed by atoms with Crippen molar-refractivity contribution in [3.63, 3.8) is 0 Å². The molecule has 0 unspecified atom stereocenters. The molecule has 0 aliphatic carbocycles. The molecule has 0 bridgehead atoms. The van der Waals surface area contributed by atoms with Crippen LogP contribution >= 0.6 is 11.3 Å². The lowest BCUT2D eigenvalue weighted by Crippen LogP contribution is -2.17. The molecule has 1 amide bonds. The van der Waals surface area contributed by atoms with Crippen LogP contribution in [0.25, 0.3) is 16.4 Å². The van der Waals surface area contributed by atoms with E-state index in [1.54, 1.807) is 37.3 Å². The van der Waals surface area contributed by atoms with E-state index in [1.807, 2.05) is 35.9 Å². The molecule has 6 heterocycles. The van der Waals surface area contributed by atoms with Gasteiger partial charge in [0.2, 0.25) is 0 Å². The number of hydrogen-bond acceptors (Lipinski definition) is 9. The molecule has 0 atom stereocenters. The van der Waals surface area contributed by atoms with Crippen LogP contribution < -0.4 is 5.32 Å².